The molecular formula is C11H22N4O2S. The van der Waals surface area contributed by atoms with Crippen LogP contribution in [0.15, 0.2) is 11.4 Å². The lowest BCUT2D eigenvalue weighted by atomic mass is 10.1. The van der Waals surface area contributed by atoms with Crippen molar-refractivity contribution < 1.29 is 8.42 Å². The lowest BCUT2D eigenvalue weighted by Gasteiger charge is -2.14. The number of aryl methyl sites for hydroxylation is 1. The number of nitrogens with one attached hydrogen (secondary N) is 1. The first-order valence-electron chi connectivity index (χ1n) is 6.17. The molecule has 1 atom stereocenters. The molecule has 0 aliphatic rings. The summed E-state index contributed by atoms with van der Waals surface area (Å²) >= 11 is 0. The minimum absolute atomic E-state index is 0.0323. The zero-order chi connectivity index (χ0) is 13.8. The minimum atomic E-state index is -3.59. The summed E-state index contributed by atoms with van der Waals surface area (Å²) < 4.78 is 28.3. The molecule has 0 amide bonds. The molecular weight excluding hydrogens is 252 g/mol. The van der Waals surface area contributed by atoms with Gasteiger partial charge in [-0.3, -0.25) is 0 Å². The van der Waals surface area contributed by atoms with E-state index in [1.54, 1.807) is 7.05 Å². The van der Waals surface area contributed by atoms with Gasteiger partial charge in [0, 0.05) is 13.1 Å². The van der Waals surface area contributed by atoms with Crippen LogP contribution in [-0.4, -0.2) is 24.0 Å². The molecule has 7 heteroatoms. The van der Waals surface area contributed by atoms with Crippen LogP contribution in [0.5, 0.6) is 0 Å². The van der Waals surface area contributed by atoms with Gasteiger partial charge in [0.25, 0.3) is 10.0 Å². The molecule has 0 bridgehead atoms. The van der Waals surface area contributed by atoms with Gasteiger partial charge in [-0.25, -0.2) is 18.1 Å². The van der Waals surface area contributed by atoms with Crippen molar-refractivity contribution in [1.29, 1.82) is 0 Å². The van der Waals surface area contributed by atoms with Gasteiger partial charge in [0.05, 0.1) is 6.33 Å². The summed E-state index contributed by atoms with van der Waals surface area (Å²) in [6, 6.07) is -0.101. The van der Waals surface area contributed by atoms with Gasteiger partial charge in [-0.15, -0.1) is 0 Å². The van der Waals surface area contributed by atoms with Gasteiger partial charge in [-0.05, 0) is 13.3 Å². The molecule has 3 N–H and O–H groups in total. The maximum Gasteiger partial charge on any atom is 0.260 e. The van der Waals surface area contributed by atoms with E-state index in [-0.39, 0.29) is 16.9 Å². The van der Waals surface area contributed by atoms with Crippen molar-refractivity contribution in [2.45, 2.75) is 50.6 Å². The number of hydrogen-bond donors (Lipinski definition) is 2. The number of nitrogens with two attached hydrogens (primary N) is 1. The molecule has 0 aliphatic carbocycles. The lowest BCUT2D eigenvalue weighted by molar-refractivity contribution is 0.522. The highest BCUT2D eigenvalue weighted by Gasteiger charge is 2.23. The van der Waals surface area contributed by atoms with E-state index >= 15 is 0 Å². The number of aromatic nitrogens is 2. The summed E-state index contributed by atoms with van der Waals surface area (Å²) in [5, 5.41) is 0.0323. The SMILES string of the molecule is CCCCCC(C)NS(=O)(=O)c1c(N)ncn1C. The normalized spacial score (nSPS) is 13.7. The number of hydrogen-bond acceptors (Lipinski definition) is 4. The van der Waals surface area contributed by atoms with Crippen LogP contribution in [0.1, 0.15) is 39.5 Å². The van der Waals surface area contributed by atoms with E-state index in [1.165, 1.54) is 10.9 Å². The van der Waals surface area contributed by atoms with Crippen molar-refractivity contribution in [3.8, 4) is 0 Å². The molecule has 1 unspecified atom stereocenters. The Morgan fingerprint density at radius 3 is 2.67 bits per heavy atom. The monoisotopic (exact) mass is 274 g/mol. The molecule has 18 heavy (non-hydrogen) atoms. The molecule has 0 fully saturated rings. The number of anilines is 1. The highest BCUT2D eigenvalue weighted by atomic mass is 32.2. The highest BCUT2D eigenvalue weighted by Crippen LogP contribution is 2.16. The van der Waals surface area contributed by atoms with Crippen LogP contribution in [-0.2, 0) is 17.1 Å². The average Bonchev–Trinajstić information content (AvgIpc) is 2.58. The predicted molar refractivity (Wildman–Crippen MR) is 71.5 cm³/mol. The van der Waals surface area contributed by atoms with Crippen LogP contribution in [0.3, 0.4) is 0 Å². The second-order valence-electron chi connectivity index (χ2n) is 4.56. The van der Waals surface area contributed by atoms with Crippen LogP contribution >= 0.6 is 0 Å². The van der Waals surface area contributed by atoms with Crippen LogP contribution in [0, 0.1) is 0 Å². The third kappa shape index (κ3) is 3.71. The lowest BCUT2D eigenvalue weighted by Crippen LogP contribution is -2.34. The molecule has 6 nitrogen and oxygen atoms in total. The Bertz CT molecular complexity index is 462. The van der Waals surface area contributed by atoms with Gasteiger partial charge in [-0.1, -0.05) is 26.2 Å². The van der Waals surface area contributed by atoms with Crippen molar-refractivity contribution in [2.75, 3.05) is 5.73 Å². The van der Waals surface area contributed by atoms with Gasteiger partial charge in [0.1, 0.15) is 0 Å². The molecule has 1 aromatic heterocycles. The quantitative estimate of drug-likeness (QED) is 0.732. The van der Waals surface area contributed by atoms with Gasteiger partial charge in [-0.2, -0.15) is 0 Å². The van der Waals surface area contributed by atoms with E-state index in [0.29, 0.717) is 0 Å². The van der Waals surface area contributed by atoms with Crippen molar-refractivity contribution in [3.05, 3.63) is 6.33 Å². The third-order valence-electron chi connectivity index (χ3n) is 2.76. The summed E-state index contributed by atoms with van der Waals surface area (Å²) in [5.41, 5.74) is 5.57. The number of imidazole rings is 1. The molecule has 104 valence electrons. The van der Waals surface area contributed by atoms with Gasteiger partial charge < -0.3 is 10.3 Å². The third-order valence-corrected chi connectivity index (χ3v) is 4.48. The first-order chi connectivity index (χ1) is 8.38. The highest BCUT2D eigenvalue weighted by molar-refractivity contribution is 7.89. The number of unbranched alkanes of at least 4 members (excludes halogenated alkanes) is 2. The Labute approximate surface area is 109 Å². The van der Waals surface area contributed by atoms with E-state index in [0.717, 1.165) is 25.7 Å². The zero-order valence-electron chi connectivity index (χ0n) is 11.2. The van der Waals surface area contributed by atoms with Crippen LogP contribution in [0.2, 0.25) is 0 Å². The molecule has 1 heterocycles. The fraction of sp³-hybridized carbons (Fsp3) is 0.727. The Hall–Kier alpha value is -1.08. The molecule has 0 saturated heterocycles. The largest absolute Gasteiger partial charge is 0.381 e. The fourth-order valence-electron chi connectivity index (χ4n) is 1.84. The van der Waals surface area contributed by atoms with Crippen LogP contribution in [0.4, 0.5) is 5.82 Å². The molecule has 1 rings (SSSR count). The number of nitrogen functional groups attached to an aromatic ring is 1. The molecule has 0 aliphatic heterocycles. The van der Waals surface area contributed by atoms with Crippen LogP contribution < -0.4 is 10.5 Å². The summed E-state index contributed by atoms with van der Waals surface area (Å²) in [6.45, 7) is 3.98. The average molecular weight is 274 g/mol. The fourth-order valence-corrected chi connectivity index (χ4v) is 3.36. The summed E-state index contributed by atoms with van der Waals surface area (Å²) in [7, 11) is -1.98. The number of nitrogens with zero attached hydrogens (tertiary/aromatic N) is 2. The Kier molecular flexibility index (Phi) is 5.15. The molecule has 0 radical (unpaired) electrons. The summed E-state index contributed by atoms with van der Waals surface area (Å²) in [5.74, 6) is 0.0331. The smallest absolute Gasteiger partial charge is 0.260 e. The van der Waals surface area contributed by atoms with Gasteiger partial charge >= 0.3 is 0 Å². The van der Waals surface area contributed by atoms with E-state index in [4.69, 9.17) is 5.73 Å². The number of sulfonamides is 1. The molecule has 0 aromatic carbocycles. The summed E-state index contributed by atoms with van der Waals surface area (Å²) in [4.78, 5) is 3.79. The summed E-state index contributed by atoms with van der Waals surface area (Å²) in [6.07, 6.45) is 5.46. The van der Waals surface area contributed by atoms with E-state index < -0.39 is 10.0 Å². The predicted octanol–water partition coefficient (Wildman–Crippen LogP) is 1.25. The molecule has 0 spiro atoms. The Balaban J connectivity index is 2.71. The zero-order valence-corrected chi connectivity index (χ0v) is 12.0. The maximum absolute atomic E-state index is 12.1. The minimum Gasteiger partial charge on any atom is -0.381 e. The van der Waals surface area contributed by atoms with Crippen molar-refractivity contribution in [2.24, 2.45) is 7.05 Å². The van der Waals surface area contributed by atoms with Crippen LogP contribution in [0.25, 0.3) is 0 Å². The van der Waals surface area contributed by atoms with E-state index in [2.05, 4.69) is 16.6 Å². The van der Waals surface area contributed by atoms with Gasteiger partial charge in [0.15, 0.2) is 10.8 Å². The van der Waals surface area contributed by atoms with Gasteiger partial charge in [0.2, 0.25) is 0 Å². The molecule has 0 saturated carbocycles. The van der Waals surface area contributed by atoms with Crippen molar-refractivity contribution in [1.82, 2.24) is 14.3 Å². The molecule has 1 aromatic rings. The topological polar surface area (TPSA) is 90.0 Å². The van der Waals surface area contributed by atoms with E-state index in [1.807, 2.05) is 6.92 Å². The van der Waals surface area contributed by atoms with Crippen molar-refractivity contribution >= 4 is 15.8 Å². The van der Waals surface area contributed by atoms with Crippen molar-refractivity contribution in [3.63, 3.8) is 0 Å². The second-order valence-corrected chi connectivity index (χ2v) is 6.19. The maximum atomic E-state index is 12.1. The first-order valence-corrected chi connectivity index (χ1v) is 7.66. The Morgan fingerprint density at radius 2 is 2.17 bits per heavy atom. The first kappa shape index (κ1) is 15.0. The standard InChI is InChI=1S/C11H22N4O2S/c1-4-5-6-7-9(2)14-18(16,17)11-10(12)13-8-15(11)3/h8-9,14H,4-7,12H2,1-3H3. The number of rotatable bonds is 7. The van der Waals surface area contributed by atoms with E-state index in [9.17, 15) is 8.42 Å². The Morgan fingerprint density at radius 1 is 1.50 bits per heavy atom. The second kappa shape index (κ2) is 6.19.